The van der Waals surface area contributed by atoms with Crippen LogP contribution in [0.3, 0.4) is 0 Å². The third-order valence-electron chi connectivity index (χ3n) is 1.34. The topological polar surface area (TPSA) is 61.5 Å². The van der Waals surface area contributed by atoms with Crippen molar-refractivity contribution in [3.63, 3.8) is 0 Å². The molecule has 0 aromatic heterocycles. The molecule has 0 bridgehead atoms. The molecule has 2 N–H and O–H groups in total. The van der Waals surface area contributed by atoms with E-state index in [0.717, 1.165) is 0 Å². The van der Waals surface area contributed by atoms with Gasteiger partial charge in [0.05, 0.1) is 18.8 Å². The Morgan fingerprint density at radius 3 is 2.70 bits per heavy atom. The van der Waals surface area contributed by atoms with Crippen molar-refractivity contribution in [3.8, 4) is 0 Å². The summed E-state index contributed by atoms with van der Waals surface area (Å²) in [4.78, 5) is 10.3. The summed E-state index contributed by atoms with van der Waals surface area (Å²) in [6.45, 7) is 2.60. The molecule has 0 aromatic rings. The van der Waals surface area contributed by atoms with E-state index in [1.54, 1.807) is 0 Å². The minimum atomic E-state index is -0.411. The lowest BCUT2D eigenvalue weighted by atomic mass is 10.0. The molecule has 0 atom stereocenters. The number of rotatable bonds is 2. The van der Waals surface area contributed by atoms with E-state index in [2.05, 4.69) is 0 Å². The molecule has 1 aliphatic heterocycles. The molecule has 0 saturated carbocycles. The summed E-state index contributed by atoms with van der Waals surface area (Å²) < 4.78 is 9.56. The molecule has 0 spiro atoms. The van der Waals surface area contributed by atoms with Gasteiger partial charge in [0.15, 0.2) is 0 Å². The van der Waals surface area contributed by atoms with Crippen molar-refractivity contribution in [2.24, 2.45) is 5.73 Å². The molecule has 1 saturated heterocycles. The van der Waals surface area contributed by atoms with E-state index in [9.17, 15) is 4.79 Å². The average molecular weight is 145 g/mol. The number of carbonyl (C=O) groups is 1. The van der Waals surface area contributed by atoms with E-state index in [1.165, 1.54) is 6.92 Å². The summed E-state index contributed by atoms with van der Waals surface area (Å²) in [5.41, 5.74) is 5.24. The lowest BCUT2D eigenvalue weighted by Crippen LogP contribution is -2.60. The predicted octanol–water partition coefficient (Wildman–Crippen LogP) is -0.723. The summed E-state index contributed by atoms with van der Waals surface area (Å²) in [5.74, 6) is -0.295. The highest BCUT2D eigenvalue weighted by molar-refractivity contribution is 5.66. The van der Waals surface area contributed by atoms with Gasteiger partial charge in [0.25, 0.3) is 0 Å². The molecule has 1 rings (SSSR count). The Hall–Kier alpha value is -0.610. The van der Waals surface area contributed by atoms with Crippen molar-refractivity contribution in [2.75, 3.05) is 19.8 Å². The SMILES string of the molecule is CC(=O)OCC1(N)COC1. The highest BCUT2D eigenvalue weighted by atomic mass is 16.5. The smallest absolute Gasteiger partial charge is 0.302 e. The van der Waals surface area contributed by atoms with Gasteiger partial charge < -0.3 is 15.2 Å². The molecular weight excluding hydrogens is 134 g/mol. The Bertz CT molecular complexity index is 142. The van der Waals surface area contributed by atoms with Crippen LogP contribution in [0.1, 0.15) is 6.92 Å². The van der Waals surface area contributed by atoms with Crippen LogP contribution in [0, 0.1) is 0 Å². The Morgan fingerprint density at radius 2 is 2.40 bits per heavy atom. The van der Waals surface area contributed by atoms with Gasteiger partial charge in [-0.05, 0) is 0 Å². The Balaban J connectivity index is 2.18. The summed E-state index contributed by atoms with van der Waals surface area (Å²) in [5, 5.41) is 0. The van der Waals surface area contributed by atoms with Crippen LogP contribution in [0.25, 0.3) is 0 Å². The molecule has 58 valence electrons. The zero-order valence-electron chi connectivity index (χ0n) is 5.92. The maximum Gasteiger partial charge on any atom is 0.302 e. The standard InChI is InChI=1S/C6H11NO3/c1-5(8)10-4-6(7)2-9-3-6/h2-4,7H2,1H3. The van der Waals surface area contributed by atoms with Crippen LogP contribution in [0.15, 0.2) is 0 Å². The number of esters is 1. The molecule has 0 aliphatic carbocycles. The molecular formula is C6H11NO3. The van der Waals surface area contributed by atoms with Crippen LogP contribution in [0.4, 0.5) is 0 Å². The van der Waals surface area contributed by atoms with E-state index < -0.39 is 5.54 Å². The molecule has 1 aliphatic rings. The van der Waals surface area contributed by atoms with E-state index in [4.69, 9.17) is 15.2 Å². The molecule has 4 heteroatoms. The van der Waals surface area contributed by atoms with Crippen molar-refractivity contribution in [2.45, 2.75) is 12.5 Å². The fourth-order valence-corrected chi connectivity index (χ4v) is 0.693. The van der Waals surface area contributed by atoms with Gasteiger partial charge in [0.1, 0.15) is 6.61 Å². The quantitative estimate of drug-likeness (QED) is 0.521. The largest absolute Gasteiger partial charge is 0.464 e. The normalized spacial score (nSPS) is 21.4. The molecule has 1 fully saturated rings. The molecule has 0 aromatic carbocycles. The van der Waals surface area contributed by atoms with Gasteiger partial charge >= 0.3 is 5.97 Å². The lowest BCUT2D eigenvalue weighted by Gasteiger charge is -2.36. The summed E-state index contributed by atoms with van der Waals surface area (Å²) in [6.07, 6.45) is 0. The van der Waals surface area contributed by atoms with Crippen LogP contribution in [0.5, 0.6) is 0 Å². The second-order valence-electron chi connectivity index (χ2n) is 2.64. The van der Waals surface area contributed by atoms with Crippen molar-refractivity contribution < 1.29 is 14.3 Å². The van der Waals surface area contributed by atoms with Gasteiger partial charge in [-0.2, -0.15) is 0 Å². The van der Waals surface area contributed by atoms with E-state index in [0.29, 0.717) is 13.2 Å². The number of carbonyl (C=O) groups excluding carboxylic acids is 1. The predicted molar refractivity (Wildman–Crippen MR) is 34.4 cm³/mol. The maximum atomic E-state index is 10.3. The second-order valence-corrected chi connectivity index (χ2v) is 2.64. The van der Waals surface area contributed by atoms with Crippen LogP contribution >= 0.6 is 0 Å². The Morgan fingerprint density at radius 1 is 1.80 bits per heavy atom. The first-order valence-corrected chi connectivity index (χ1v) is 3.12. The summed E-state index contributed by atoms with van der Waals surface area (Å²) >= 11 is 0. The number of nitrogens with two attached hydrogens (primary N) is 1. The van der Waals surface area contributed by atoms with Gasteiger partial charge in [-0.25, -0.2) is 0 Å². The van der Waals surface area contributed by atoms with Crippen molar-refractivity contribution in [3.05, 3.63) is 0 Å². The number of hydrogen-bond acceptors (Lipinski definition) is 4. The van der Waals surface area contributed by atoms with E-state index >= 15 is 0 Å². The molecule has 10 heavy (non-hydrogen) atoms. The first-order chi connectivity index (χ1) is 4.62. The van der Waals surface area contributed by atoms with Gasteiger partial charge in [-0.1, -0.05) is 0 Å². The van der Waals surface area contributed by atoms with Gasteiger partial charge in [-0.15, -0.1) is 0 Å². The van der Waals surface area contributed by atoms with E-state index in [1.807, 2.05) is 0 Å². The first-order valence-electron chi connectivity index (χ1n) is 3.12. The molecule has 0 radical (unpaired) electrons. The Kier molecular flexibility index (Phi) is 1.92. The van der Waals surface area contributed by atoms with Crippen LogP contribution in [-0.4, -0.2) is 31.3 Å². The highest BCUT2D eigenvalue weighted by Gasteiger charge is 2.35. The zero-order chi connectivity index (χ0) is 7.61. The van der Waals surface area contributed by atoms with E-state index in [-0.39, 0.29) is 12.6 Å². The fraction of sp³-hybridized carbons (Fsp3) is 0.833. The average Bonchev–Trinajstić information content (AvgIpc) is 1.79. The van der Waals surface area contributed by atoms with Crippen LogP contribution in [0.2, 0.25) is 0 Å². The summed E-state index contributed by atoms with van der Waals surface area (Å²) in [6, 6.07) is 0. The fourth-order valence-electron chi connectivity index (χ4n) is 0.693. The third-order valence-corrected chi connectivity index (χ3v) is 1.34. The van der Waals surface area contributed by atoms with Crippen LogP contribution in [-0.2, 0) is 14.3 Å². The minimum Gasteiger partial charge on any atom is -0.464 e. The van der Waals surface area contributed by atoms with Crippen molar-refractivity contribution >= 4 is 5.97 Å². The van der Waals surface area contributed by atoms with Crippen molar-refractivity contribution in [1.29, 1.82) is 0 Å². The van der Waals surface area contributed by atoms with Gasteiger partial charge in [0, 0.05) is 6.92 Å². The number of hydrogen-bond donors (Lipinski definition) is 1. The second kappa shape index (κ2) is 2.56. The van der Waals surface area contributed by atoms with Crippen LogP contribution < -0.4 is 5.73 Å². The van der Waals surface area contributed by atoms with Crippen molar-refractivity contribution in [1.82, 2.24) is 0 Å². The Labute approximate surface area is 59.3 Å². The molecule has 4 nitrogen and oxygen atoms in total. The third kappa shape index (κ3) is 1.68. The molecule has 0 amide bonds. The highest BCUT2D eigenvalue weighted by Crippen LogP contribution is 2.12. The first kappa shape index (κ1) is 7.50. The maximum absolute atomic E-state index is 10.3. The molecule has 0 unspecified atom stereocenters. The van der Waals surface area contributed by atoms with Gasteiger partial charge in [0.2, 0.25) is 0 Å². The monoisotopic (exact) mass is 145 g/mol. The van der Waals surface area contributed by atoms with Gasteiger partial charge in [-0.3, -0.25) is 4.79 Å². The minimum absolute atomic E-state index is 0.266. The number of ether oxygens (including phenoxy) is 2. The lowest BCUT2D eigenvalue weighted by molar-refractivity contribution is -0.150. The molecule has 1 heterocycles. The summed E-state index contributed by atoms with van der Waals surface area (Å²) in [7, 11) is 0. The zero-order valence-corrected chi connectivity index (χ0v) is 5.92.